The lowest BCUT2D eigenvalue weighted by atomic mass is 10.3. The molecule has 1 aromatic carbocycles. The van der Waals surface area contributed by atoms with Crippen molar-refractivity contribution in [3.05, 3.63) is 18.2 Å². The van der Waals surface area contributed by atoms with E-state index in [4.69, 9.17) is 14.2 Å². The smallest absolute Gasteiger partial charge is 0.306 e. The maximum Gasteiger partial charge on any atom is 0.306 e. The van der Waals surface area contributed by atoms with E-state index >= 15 is 0 Å². The van der Waals surface area contributed by atoms with Gasteiger partial charge in [0.1, 0.15) is 13.2 Å². The molecule has 0 atom stereocenters. The number of nitrogens with one attached hydrogen (secondary N) is 2. The molecule has 2 rings (SSSR count). The average Bonchev–Trinajstić information content (AvgIpc) is 2.67. The van der Waals surface area contributed by atoms with Crippen LogP contribution in [0.4, 0.5) is 0 Å². The Hall–Kier alpha value is -2.33. The zero-order chi connectivity index (χ0) is 19.7. The van der Waals surface area contributed by atoms with Gasteiger partial charge in [0.15, 0.2) is 18.1 Å². The Kier molecular flexibility index (Phi) is 7.86. The van der Waals surface area contributed by atoms with Crippen LogP contribution in [0.25, 0.3) is 0 Å². The minimum Gasteiger partial charge on any atom is -0.486 e. The van der Waals surface area contributed by atoms with E-state index in [1.54, 1.807) is 6.07 Å². The third kappa shape index (κ3) is 6.72. The van der Waals surface area contributed by atoms with Crippen molar-refractivity contribution in [1.29, 1.82) is 0 Å². The molecule has 1 aromatic rings. The van der Waals surface area contributed by atoms with Gasteiger partial charge >= 0.3 is 5.97 Å². The molecular formula is C17H24N2O7S. The molecule has 0 saturated heterocycles. The molecule has 1 amide bonds. The molecule has 27 heavy (non-hydrogen) atoms. The van der Waals surface area contributed by atoms with Crippen LogP contribution < -0.4 is 19.5 Å². The molecule has 0 aliphatic carbocycles. The Morgan fingerprint density at radius 2 is 1.89 bits per heavy atom. The molecule has 0 saturated carbocycles. The zero-order valence-corrected chi connectivity index (χ0v) is 16.0. The monoisotopic (exact) mass is 400 g/mol. The van der Waals surface area contributed by atoms with Crippen LogP contribution in [0.3, 0.4) is 0 Å². The number of ether oxygens (including phenoxy) is 3. The van der Waals surface area contributed by atoms with E-state index in [0.29, 0.717) is 31.3 Å². The first-order chi connectivity index (χ1) is 12.9. The molecule has 0 fully saturated rings. The summed E-state index contributed by atoms with van der Waals surface area (Å²) >= 11 is 0. The van der Waals surface area contributed by atoms with Crippen molar-refractivity contribution >= 4 is 21.9 Å². The number of rotatable bonds is 10. The fraction of sp³-hybridized carbons (Fsp3) is 0.529. The van der Waals surface area contributed by atoms with Crippen molar-refractivity contribution in [3.8, 4) is 11.5 Å². The number of fused-ring (bicyclic) bond motifs is 1. The molecule has 150 valence electrons. The molecule has 10 heteroatoms. The first-order valence-electron chi connectivity index (χ1n) is 8.74. The minimum atomic E-state index is -3.73. The van der Waals surface area contributed by atoms with E-state index < -0.39 is 16.0 Å². The Balaban J connectivity index is 1.73. The summed E-state index contributed by atoms with van der Waals surface area (Å²) in [6, 6.07) is 4.38. The van der Waals surface area contributed by atoms with Gasteiger partial charge in [0.05, 0.1) is 4.90 Å². The van der Waals surface area contributed by atoms with Gasteiger partial charge in [-0.25, -0.2) is 13.1 Å². The van der Waals surface area contributed by atoms with E-state index in [0.717, 1.165) is 6.42 Å². The van der Waals surface area contributed by atoms with Crippen molar-refractivity contribution in [1.82, 2.24) is 10.0 Å². The number of esters is 1. The second kappa shape index (κ2) is 10.1. The minimum absolute atomic E-state index is 0.00468. The van der Waals surface area contributed by atoms with Crippen molar-refractivity contribution < 1.29 is 32.2 Å². The van der Waals surface area contributed by atoms with Crippen molar-refractivity contribution in [2.75, 3.05) is 32.9 Å². The van der Waals surface area contributed by atoms with E-state index in [1.165, 1.54) is 12.1 Å². The number of carbonyl (C=O) groups excluding carboxylic acids is 2. The number of carbonyl (C=O) groups is 2. The first-order valence-corrected chi connectivity index (χ1v) is 10.2. The Labute approximate surface area is 158 Å². The molecule has 9 nitrogen and oxygen atoms in total. The summed E-state index contributed by atoms with van der Waals surface area (Å²) in [5.74, 6) is -0.0235. The molecule has 0 spiro atoms. The summed E-state index contributed by atoms with van der Waals surface area (Å²) in [5.41, 5.74) is 0. The second-order valence-corrected chi connectivity index (χ2v) is 7.58. The number of amides is 1. The van der Waals surface area contributed by atoms with Crippen LogP contribution in [0.2, 0.25) is 0 Å². The quantitative estimate of drug-likeness (QED) is 0.435. The van der Waals surface area contributed by atoms with Crippen LogP contribution in [0.15, 0.2) is 23.1 Å². The maximum absolute atomic E-state index is 12.3. The van der Waals surface area contributed by atoms with Gasteiger partial charge in [0, 0.05) is 25.6 Å². The highest BCUT2D eigenvalue weighted by Gasteiger charge is 2.19. The number of hydrogen-bond donors (Lipinski definition) is 2. The standard InChI is InChI=1S/C17H24N2O7S/c1-2-7-18-16(20)12-26-17(21)4-3-8-19-27(22,23)13-5-6-14-15(11-13)25-10-9-24-14/h5-6,11,19H,2-4,7-10,12H2,1H3,(H,18,20). The maximum atomic E-state index is 12.3. The summed E-state index contributed by atoms with van der Waals surface area (Å²) in [5, 5.41) is 2.59. The van der Waals surface area contributed by atoms with Crippen LogP contribution in [-0.2, 0) is 24.3 Å². The topological polar surface area (TPSA) is 120 Å². The van der Waals surface area contributed by atoms with Gasteiger partial charge in [0.25, 0.3) is 5.91 Å². The van der Waals surface area contributed by atoms with Crippen LogP contribution in [-0.4, -0.2) is 53.2 Å². The van der Waals surface area contributed by atoms with Crippen LogP contribution in [0, 0.1) is 0 Å². The fourth-order valence-electron chi connectivity index (χ4n) is 2.25. The third-order valence-corrected chi connectivity index (χ3v) is 5.07. The summed E-state index contributed by atoms with van der Waals surface area (Å²) in [6.07, 6.45) is 1.05. The Bertz CT molecular complexity index is 765. The molecular weight excluding hydrogens is 376 g/mol. The molecule has 0 unspecified atom stereocenters. The highest BCUT2D eigenvalue weighted by molar-refractivity contribution is 7.89. The number of hydrogen-bond acceptors (Lipinski definition) is 7. The number of benzene rings is 1. The highest BCUT2D eigenvalue weighted by atomic mass is 32.2. The van der Waals surface area contributed by atoms with Crippen molar-refractivity contribution in [2.45, 2.75) is 31.1 Å². The van der Waals surface area contributed by atoms with Gasteiger partial charge in [-0.15, -0.1) is 0 Å². The Morgan fingerprint density at radius 1 is 1.15 bits per heavy atom. The average molecular weight is 400 g/mol. The number of sulfonamides is 1. The molecule has 0 aromatic heterocycles. The van der Waals surface area contributed by atoms with Gasteiger partial charge in [-0.3, -0.25) is 9.59 Å². The molecule has 1 aliphatic heterocycles. The predicted octanol–water partition coefficient (Wildman–Crippen LogP) is 0.586. The lowest BCUT2D eigenvalue weighted by Gasteiger charge is -2.18. The summed E-state index contributed by atoms with van der Waals surface area (Å²) < 4.78 is 42.6. The largest absolute Gasteiger partial charge is 0.486 e. The SMILES string of the molecule is CCCNC(=O)COC(=O)CCCNS(=O)(=O)c1ccc2c(c1)OCCO2. The van der Waals surface area contributed by atoms with Crippen LogP contribution in [0.1, 0.15) is 26.2 Å². The highest BCUT2D eigenvalue weighted by Crippen LogP contribution is 2.32. The molecule has 1 heterocycles. The lowest BCUT2D eigenvalue weighted by Crippen LogP contribution is -2.29. The normalized spacial score (nSPS) is 13.1. The van der Waals surface area contributed by atoms with Gasteiger partial charge in [-0.2, -0.15) is 0 Å². The van der Waals surface area contributed by atoms with Gasteiger partial charge < -0.3 is 19.5 Å². The molecule has 1 aliphatic rings. The van der Waals surface area contributed by atoms with E-state index in [1.807, 2.05) is 6.92 Å². The van der Waals surface area contributed by atoms with E-state index in [9.17, 15) is 18.0 Å². The summed E-state index contributed by atoms with van der Waals surface area (Å²) in [7, 11) is -3.73. The van der Waals surface area contributed by atoms with E-state index in [-0.39, 0.29) is 36.8 Å². The van der Waals surface area contributed by atoms with E-state index in [2.05, 4.69) is 10.0 Å². The van der Waals surface area contributed by atoms with Crippen LogP contribution >= 0.6 is 0 Å². The van der Waals surface area contributed by atoms with Crippen LogP contribution in [0.5, 0.6) is 11.5 Å². The van der Waals surface area contributed by atoms with Gasteiger partial charge in [-0.05, 0) is 25.0 Å². The zero-order valence-electron chi connectivity index (χ0n) is 15.2. The summed E-state index contributed by atoms with van der Waals surface area (Å²) in [6.45, 7) is 2.96. The first kappa shape index (κ1) is 21.0. The fourth-order valence-corrected chi connectivity index (χ4v) is 3.34. The molecule has 0 radical (unpaired) electrons. The lowest BCUT2D eigenvalue weighted by molar-refractivity contribution is -0.148. The van der Waals surface area contributed by atoms with Gasteiger partial charge in [-0.1, -0.05) is 6.92 Å². The van der Waals surface area contributed by atoms with Crippen molar-refractivity contribution in [2.24, 2.45) is 0 Å². The third-order valence-electron chi connectivity index (χ3n) is 3.61. The summed E-state index contributed by atoms with van der Waals surface area (Å²) in [4.78, 5) is 23.0. The molecule has 2 N–H and O–H groups in total. The molecule has 0 bridgehead atoms. The predicted molar refractivity (Wildman–Crippen MR) is 96.1 cm³/mol. The second-order valence-electron chi connectivity index (χ2n) is 5.82. The van der Waals surface area contributed by atoms with Gasteiger partial charge in [0.2, 0.25) is 10.0 Å². The van der Waals surface area contributed by atoms with Crippen molar-refractivity contribution in [3.63, 3.8) is 0 Å². The Morgan fingerprint density at radius 3 is 2.63 bits per heavy atom.